The molecule has 0 unspecified atom stereocenters. The van der Waals surface area contributed by atoms with E-state index in [4.69, 9.17) is 9.47 Å². The van der Waals surface area contributed by atoms with Crippen LogP contribution in [0.1, 0.15) is 17.7 Å². The number of anilines is 1. The van der Waals surface area contributed by atoms with Gasteiger partial charge in [-0.1, -0.05) is 6.07 Å². The minimum absolute atomic E-state index is 0.0798. The van der Waals surface area contributed by atoms with E-state index in [1.807, 2.05) is 17.5 Å². The zero-order valence-electron chi connectivity index (χ0n) is 14.6. The second-order valence-corrected chi connectivity index (χ2v) is 7.17. The highest BCUT2D eigenvalue weighted by molar-refractivity contribution is 7.09. The van der Waals surface area contributed by atoms with Crippen molar-refractivity contribution in [2.45, 2.75) is 31.6 Å². The molecule has 1 fully saturated rings. The summed E-state index contributed by atoms with van der Waals surface area (Å²) in [6, 6.07) is 8.14. The summed E-state index contributed by atoms with van der Waals surface area (Å²) in [5, 5.41) is 4.69. The van der Waals surface area contributed by atoms with Gasteiger partial charge in [-0.05, 0) is 36.4 Å². The van der Waals surface area contributed by atoms with E-state index in [1.54, 1.807) is 22.3 Å². The number of hydrogen-bond acceptors (Lipinski definition) is 4. The highest BCUT2D eigenvalue weighted by Crippen LogP contribution is 2.33. The molecule has 0 saturated heterocycles. The zero-order valence-corrected chi connectivity index (χ0v) is 15.4. The van der Waals surface area contributed by atoms with Crippen LogP contribution in [0.3, 0.4) is 0 Å². The van der Waals surface area contributed by atoms with Crippen LogP contribution in [0.2, 0.25) is 0 Å². The zero-order chi connectivity index (χ0) is 19.4. The average Bonchev–Trinajstić information content (AvgIpc) is 3.33. The largest absolute Gasteiger partial charge is 0.493 e. The third-order valence-corrected chi connectivity index (χ3v) is 4.82. The molecule has 0 radical (unpaired) electrons. The van der Waals surface area contributed by atoms with E-state index >= 15 is 0 Å². The van der Waals surface area contributed by atoms with Gasteiger partial charge in [0.2, 0.25) is 0 Å². The van der Waals surface area contributed by atoms with Gasteiger partial charge in [-0.2, -0.15) is 13.2 Å². The third-order valence-electron chi connectivity index (χ3n) is 3.96. The van der Waals surface area contributed by atoms with Crippen molar-refractivity contribution in [3.8, 4) is 11.5 Å². The quantitative estimate of drug-likeness (QED) is 0.720. The lowest BCUT2D eigenvalue weighted by Crippen LogP contribution is -2.36. The Labute approximate surface area is 158 Å². The van der Waals surface area contributed by atoms with E-state index in [-0.39, 0.29) is 23.6 Å². The van der Waals surface area contributed by atoms with E-state index < -0.39 is 12.8 Å². The molecular formula is C18H19F3N2O3S. The number of hydrogen-bond donors (Lipinski definition) is 1. The molecule has 1 aliphatic carbocycles. The molecule has 3 rings (SSSR count). The smallest absolute Gasteiger partial charge is 0.422 e. The summed E-state index contributed by atoms with van der Waals surface area (Å²) in [5.74, 6) is 0.0822. The molecule has 2 amide bonds. The molecule has 1 aromatic heterocycles. The molecule has 0 aliphatic heterocycles. The Hall–Kier alpha value is -2.42. The first-order valence-corrected chi connectivity index (χ1v) is 9.21. The standard InChI is InChI=1S/C18H19F3N2O3S/c1-25-15-7-4-12(9-16(15)26-11-18(19,20)21)22-17(24)23(13-5-6-13)10-14-3-2-8-27-14/h2-4,7-9,13H,5-6,10-11H2,1H3,(H,22,24). The Bertz CT molecular complexity index is 777. The first-order chi connectivity index (χ1) is 12.9. The molecular weight excluding hydrogens is 381 g/mol. The van der Waals surface area contributed by atoms with Gasteiger partial charge in [0, 0.05) is 22.7 Å². The summed E-state index contributed by atoms with van der Waals surface area (Å²) >= 11 is 1.57. The Morgan fingerprint density at radius 1 is 1.30 bits per heavy atom. The SMILES string of the molecule is COc1ccc(NC(=O)N(Cc2cccs2)C2CC2)cc1OCC(F)(F)F. The van der Waals surface area contributed by atoms with E-state index in [0.29, 0.717) is 12.2 Å². The summed E-state index contributed by atoms with van der Waals surface area (Å²) in [5.41, 5.74) is 0.342. The van der Waals surface area contributed by atoms with Crippen molar-refractivity contribution >= 4 is 23.1 Å². The predicted molar refractivity (Wildman–Crippen MR) is 96.4 cm³/mol. The predicted octanol–water partition coefficient (Wildman–Crippen LogP) is 4.89. The molecule has 1 heterocycles. The van der Waals surface area contributed by atoms with Gasteiger partial charge >= 0.3 is 12.2 Å². The summed E-state index contributed by atoms with van der Waals surface area (Å²) in [6.07, 6.45) is -2.57. The fourth-order valence-electron chi connectivity index (χ4n) is 2.55. The van der Waals surface area contributed by atoms with Gasteiger partial charge in [-0.3, -0.25) is 0 Å². The fraction of sp³-hybridized carbons (Fsp3) is 0.389. The lowest BCUT2D eigenvalue weighted by atomic mass is 10.2. The van der Waals surface area contributed by atoms with Crippen LogP contribution in [0.5, 0.6) is 11.5 Å². The minimum Gasteiger partial charge on any atom is -0.493 e. The van der Waals surface area contributed by atoms with E-state index in [2.05, 4.69) is 5.32 Å². The molecule has 146 valence electrons. The number of methoxy groups -OCH3 is 1. The van der Waals surface area contributed by atoms with Crippen molar-refractivity contribution in [1.29, 1.82) is 0 Å². The monoisotopic (exact) mass is 400 g/mol. The van der Waals surface area contributed by atoms with Crippen LogP contribution >= 0.6 is 11.3 Å². The van der Waals surface area contributed by atoms with E-state index in [1.165, 1.54) is 19.2 Å². The molecule has 1 aliphatic rings. The molecule has 9 heteroatoms. The molecule has 1 N–H and O–H groups in total. The number of rotatable bonds is 7. The van der Waals surface area contributed by atoms with Crippen LogP contribution in [0.4, 0.5) is 23.7 Å². The molecule has 0 spiro atoms. The number of alkyl halides is 3. The molecule has 0 atom stereocenters. The maximum atomic E-state index is 12.7. The highest BCUT2D eigenvalue weighted by Gasteiger charge is 2.33. The maximum Gasteiger partial charge on any atom is 0.422 e. The van der Waals surface area contributed by atoms with Crippen LogP contribution in [-0.4, -0.2) is 36.9 Å². The van der Waals surface area contributed by atoms with Crippen LogP contribution in [0.15, 0.2) is 35.7 Å². The first-order valence-electron chi connectivity index (χ1n) is 8.33. The Morgan fingerprint density at radius 3 is 2.67 bits per heavy atom. The minimum atomic E-state index is -4.46. The number of benzene rings is 1. The molecule has 1 aromatic carbocycles. The highest BCUT2D eigenvalue weighted by atomic mass is 32.1. The van der Waals surface area contributed by atoms with E-state index in [9.17, 15) is 18.0 Å². The van der Waals surface area contributed by atoms with Crippen LogP contribution in [0.25, 0.3) is 0 Å². The molecule has 1 saturated carbocycles. The summed E-state index contributed by atoms with van der Waals surface area (Å²) < 4.78 is 47.1. The van der Waals surface area contributed by atoms with Gasteiger partial charge in [0.15, 0.2) is 18.1 Å². The lowest BCUT2D eigenvalue weighted by molar-refractivity contribution is -0.153. The van der Waals surface area contributed by atoms with Gasteiger partial charge in [0.25, 0.3) is 0 Å². The average molecular weight is 400 g/mol. The van der Waals surface area contributed by atoms with E-state index in [0.717, 1.165) is 17.7 Å². The number of carbonyl (C=O) groups excluding carboxylic acids is 1. The van der Waals surface area contributed by atoms with Gasteiger partial charge in [0.05, 0.1) is 13.7 Å². The summed E-state index contributed by atoms with van der Waals surface area (Å²) in [7, 11) is 1.34. The third kappa shape index (κ3) is 5.53. The lowest BCUT2D eigenvalue weighted by Gasteiger charge is -2.22. The van der Waals surface area contributed by atoms with Crippen molar-refractivity contribution in [1.82, 2.24) is 4.90 Å². The summed E-state index contributed by atoms with van der Waals surface area (Å²) in [6.45, 7) is -0.935. The Balaban J connectivity index is 1.70. The number of urea groups is 1. The second-order valence-electron chi connectivity index (χ2n) is 6.14. The van der Waals surface area contributed by atoms with Crippen LogP contribution in [0, 0.1) is 0 Å². The van der Waals surface area contributed by atoms with Crippen molar-refractivity contribution in [2.75, 3.05) is 19.0 Å². The number of nitrogens with zero attached hydrogens (tertiary/aromatic N) is 1. The number of halogens is 3. The van der Waals surface area contributed by atoms with Crippen molar-refractivity contribution in [3.05, 3.63) is 40.6 Å². The van der Waals surface area contributed by atoms with Crippen molar-refractivity contribution < 1.29 is 27.4 Å². The van der Waals surface area contributed by atoms with Gasteiger partial charge < -0.3 is 19.7 Å². The van der Waals surface area contributed by atoms with Crippen molar-refractivity contribution in [3.63, 3.8) is 0 Å². The first kappa shape index (κ1) is 19.3. The Kier molecular flexibility index (Phi) is 5.79. The molecule has 27 heavy (non-hydrogen) atoms. The second kappa shape index (κ2) is 8.08. The Morgan fingerprint density at radius 2 is 2.07 bits per heavy atom. The van der Waals surface area contributed by atoms with Gasteiger partial charge in [-0.15, -0.1) is 11.3 Å². The van der Waals surface area contributed by atoms with Gasteiger partial charge in [-0.25, -0.2) is 4.79 Å². The van der Waals surface area contributed by atoms with Crippen molar-refractivity contribution in [2.24, 2.45) is 0 Å². The normalized spacial score (nSPS) is 13.9. The van der Waals surface area contributed by atoms with Crippen LogP contribution in [-0.2, 0) is 6.54 Å². The topological polar surface area (TPSA) is 50.8 Å². The molecule has 2 aromatic rings. The number of ether oxygens (including phenoxy) is 2. The number of amides is 2. The maximum absolute atomic E-state index is 12.7. The summed E-state index contributed by atoms with van der Waals surface area (Å²) in [4.78, 5) is 15.5. The fourth-order valence-corrected chi connectivity index (χ4v) is 3.25. The number of nitrogens with one attached hydrogen (secondary N) is 1. The number of carbonyl (C=O) groups is 1. The number of thiophene rings is 1. The van der Waals surface area contributed by atoms with Crippen LogP contribution < -0.4 is 14.8 Å². The van der Waals surface area contributed by atoms with Gasteiger partial charge in [0.1, 0.15) is 0 Å². The molecule has 0 bridgehead atoms. The molecule has 5 nitrogen and oxygen atoms in total.